The molecule has 2 atom stereocenters. The van der Waals surface area contributed by atoms with Crippen molar-refractivity contribution in [2.45, 2.75) is 77.9 Å². The number of nitrogens with zero attached hydrogens (tertiary/aromatic N) is 1. The second-order valence-electron chi connectivity index (χ2n) is 7.06. The Balaban J connectivity index is 2.23. The average molecular weight is 280 g/mol. The summed E-state index contributed by atoms with van der Waals surface area (Å²) in [6.07, 6.45) is 5.19. The Morgan fingerprint density at radius 1 is 1.15 bits per heavy atom. The van der Waals surface area contributed by atoms with E-state index in [-0.39, 0.29) is 35.9 Å². The highest BCUT2D eigenvalue weighted by molar-refractivity contribution is 5.97. The molecule has 0 radical (unpaired) electrons. The molecule has 0 aromatic rings. The average Bonchev–Trinajstić information content (AvgIpc) is 2.85. The topological polar surface area (TPSA) is 49.4 Å². The predicted octanol–water partition coefficient (Wildman–Crippen LogP) is 2.33. The van der Waals surface area contributed by atoms with Crippen LogP contribution in [-0.2, 0) is 9.59 Å². The minimum absolute atomic E-state index is 0.0390. The fourth-order valence-corrected chi connectivity index (χ4v) is 3.61. The van der Waals surface area contributed by atoms with E-state index in [1.165, 1.54) is 12.8 Å². The summed E-state index contributed by atoms with van der Waals surface area (Å²) in [5, 5.41) is 2.95. The predicted molar refractivity (Wildman–Crippen MR) is 79.1 cm³/mol. The van der Waals surface area contributed by atoms with Crippen LogP contribution in [-0.4, -0.2) is 34.8 Å². The van der Waals surface area contributed by atoms with Gasteiger partial charge in [-0.05, 0) is 31.1 Å². The maximum atomic E-state index is 12.8. The number of hydrogen-bond donors (Lipinski definition) is 1. The minimum Gasteiger partial charge on any atom is -0.342 e. The Morgan fingerprint density at radius 2 is 1.75 bits per heavy atom. The lowest BCUT2D eigenvalue weighted by Gasteiger charge is -2.44. The van der Waals surface area contributed by atoms with Crippen LogP contribution in [0.4, 0.5) is 0 Å². The molecular weight excluding hydrogens is 252 g/mol. The number of nitrogens with one attached hydrogen (secondary N) is 1. The van der Waals surface area contributed by atoms with Crippen LogP contribution < -0.4 is 5.32 Å². The number of amides is 2. The van der Waals surface area contributed by atoms with Crippen molar-refractivity contribution in [3.05, 3.63) is 0 Å². The third-order valence-electron chi connectivity index (χ3n) is 4.49. The SMILES string of the molecule is CC(C)CC1NC(=O)C(C(C)C)N(C2CCCC2)C1=O. The van der Waals surface area contributed by atoms with Crippen LogP contribution in [0.15, 0.2) is 0 Å². The van der Waals surface area contributed by atoms with Gasteiger partial charge >= 0.3 is 0 Å². The van der Waals surface area contributed by atoms with Crippen LogP contribution in [0.3, 0.4) is 0 Å². The fourth-order valence-electron chi connectivity index (χ4n) is 3.61. The van der Waals surface area contributed by atoms with Crippen LogP contribution >= 0.6 is 0 Å². The van der Waals surface area contributed by atoms with E-state index < -0.39 is 0 Å². The number of hydrogen-bond acceptors (Lipinski definition) is 2. The lowest BCUT2D eigenvalue weighted by Crippen LogP contribution is -2.67. The molecule has 2 unspecified atom stereocenters. The van der Waals surface area contributed by atoms with Gasteiger partial charge in [0.15, 0.2) is 0 Å². The van der Waals surface area contributed by atoms with Gasteiger partial charge in [0.1, 0.15) is 12.1 Å². The quantitative estimate of drug-likeness (QED) is 0.859. The van der Waals surface area contributed by atoms with Crippen molar-refractivity contribution in [3.63, 3.8) is 0 Å². The lowest BCUT2D eigenvalue weighted by atomic mass is 9.92. The summed E-state index contributed by atoms with van der Waals surface area (Å²) < 4.78 is 0. The van der Waals surface area contributed by atoms with Crippen LogP contribution in [0.5, 0.6) is 0 Å². The summed E-state index contributed by atoms with van der Waals surface area (Å²) in [7, 11) is 0. The van der Waals surface area contributed by atoms with Crippen molar-refractivity contribution in [1.29, 1.82) is 0 Å². The number of rotatable bonds is 4. The largest absolute Gasteiger partial charge is 0.342 e. The highest BCUT2D eigenvalue weighted by Crippen LogP contribution is 2.30. The van der Waals surface area contributed by atoms with E-state index in [1.54, 1.807) is 0 Å². The van der Waals surface area contributed by atoms with Crippen molar-refractivity contribution in [2.75, 3.05) is 0 Å². The zero-order chi connectivity index (χ0) is 14.9. The van der Waals surface area contributed by atoms with E-state index in [0.717, 1.165) is 19.3 Å². The van der Waals surface area contributed by atoms with Crippen LogP contribution in [0.25, 0.3) is 0 Å². The molecule has 114 valence electrons. The fraction of sp³-hybridized carbons (Fsp3) is 0.875. The van der Waals surface area contributed by atoms with Gasteiger partial charge in [-0.1, -0.05) is 40.5 Å². The monoisotopic (exact) mass is 280 g/mol. The summed E-state index contributed by atoms with van der Waals surface area (Å²) in [6, 6.07) is -0.331. The van der Waals surface area contributed by atoms with Gasteiger partial charge in [-0.15, -0.1) is 0 Å². The highest BCUT2D eigenvalue weighted by Gasteiger charge is 2.45. The molecule has 2 rings (SSSR count). The molecule has 4 nitrogen and oxygen atoms in total. The van der Waals surface area contributed by atoms with Crippen LogP contribution in [0.2, 0.25) is 0 Å². The lowest BCUT2D eigenvalue weighted by molar-refractivity contribution is -0.154. The number of carbonyl (C=O) groups is 2. The molecule has 0 aromatic carbocycles. The Kier molecular flexibility index (Phi) is 4.71. The van der Waals surface area contributed by atoms with E-state index in [1.807, 2.05) is 18.7 Å². The highest BCUT2D eigenvalue weighted by atomic mass is 16.2. The molecule has 1 aliphatic carbocycles. The first-order valence-electron chi connectivity index (χ1n) is 8.04. The zero-order valence-electron chi connectivity index (χ0n) is 13.2. The molecule has 2 fully saturated rings. The van der Waals surface area contributed by atoms with Gasteiger partial charge in [-0.2, -0.15) is 0 Å². The molecule has 20 heavy (non-hydrogen) atoms. The van der Waals surface area contributed by atoms with Gasteiger partial charge in [0.25, 0.3) is 0 Å². The molecule has 1 saturated heterocycles. The molecule has 1 aliphatic heterocycles. The minimum atomic E-state index is -0.321. The van der Waals surface area contributed by atoms with Crippen molar-refractivity contribution >= 4 is 11.8 Å². The first-order chi connectivity index (χ1) is 9.41. The van der Waals surface area contributed by atoms with E-state index in [9.17, 15) is 9.59 Å². The van der Waals surface area contributed by atoms with Crippen molar-refractivity contribution < 1.29 is 9.59 Å². The maximum Gasteiger partial charge on any atom is 0.246 e. The standard InChI is InChI=1S/C16H28N2O2/c1-10(2)9-13-16(20)18(12-7-5-6-8-12)14(11(3)4)15(19)17-13/h10-14H,5-9H2,1-4H3,(H,17,19). The summed E-state index contributed by atoms with van der Waals surface area (Å²) in [5.41, 5.74) is 0. The second-order valence-corrected chi connectivity index (χ2v) is 7.06. The second kappa shape index (κ2) is 6.15. The van der Waals surface area contributed by atoms with Crippen molar-refractivity contribution in [1.82, 2.24) is 10.2 Å². The Hall–Kier alpha value is -1.06. The summed E-state index contributed by atoms with van der Waals surface area (Å²) in [4.78, 5) is 27.2. The van der Waals surface area contributed by atoms with Crippen LogP contribution in [0, 0.1) is 11.8 Å². The first-order valence-corrected chi connectivity index (χ1v) is 8.04. The van der Waals surface area contributed by atoms with Crippen molar-refractivity contribution in [2.24, 2.45) is 11.8 Å². The molecule has 1 heterocycles. The van der Waals surface area contributed by atoms with E-state index in [0.29, 0.717) is 5.92 Å². The maximum absolute atomic E-state index is 12.8. The van der Waals surface area contributed by atoms with E-state index >= 15 is 0 Å². The summed E-state index contributed by atoms with van der Waals surface area (Å²) >= 11 is 0. The number of piperazine rings is 1. The van der Waals surface area contributed by atoms with Gasteiger partial charge in [0.05, 0.1) is 0 Å². The molecule has 0 spiro atoms. The molecule has 2 aliphatic rings. The summed E-state index contributed by atoms with van der Waals surface area (Å²) in [6.45, 7) is 8.24. The van der Waals surface area contributed by atoms with Gasteiger partial charge in [0, 0.05) is 6.04 Å². The normalized spacial score (nSPS) is 28.6. The van der Waals surface area contributed by atoms with Crippen molar-refractivity contribution in [3.8, 4) is 0 Å². The molecule has 0 bridgehead atoms. The molecule has 2 amide bonds. The van der Waals surface area contributed by atoms with E-state index in [2.05, 4.69) is 19.2 Å². The zero-order valence-corrected chi connectivity index (χ0v) is 13.2. The molecule has 1 saturated carbocycles. The molecule has 4 heteroatoms. The smallest absolute Gasteiger partial charge is 0.246 e. The third-order valence-corrected chi connectivity index (χ3v) is 4.49. The molecule has 1 N–H and O–H groups in total. The Morgan fingerprint density at radius 3 is 2.25 bits per heavy atom. The van der Waals surface area contributed by atoms with Gasteiger partial charge in [-0.25, -0.2) is 0 Å². The number of carbonyl (C=O) groups excluding carboxylic acids is 2. The van der Waals surface area contributed by atoms with E-state index in [4.69, 9.17) is 0 Å². The van der Waals surface area contributed by atoms with Crippen LogP contribution in [0.1, 0.15) is 59.8 Å². The summed E-state index contributed by atoms with van der Waals surface area (Å²) in [5.74, 6) is 0.755. The van der Waals surface area contributed by atoms with Gasteiger partial charge in [0.2, 0.25) is 11.8 Å². The Bertz CT molecular complexity index is 373. The van der Waals surface area contributed by atoms with Gasteiger partial charge in [-0.3, -0.25) is 9.59 Å². The molecule has 0 aromatic heterocycles. The Labute approximate surface area is 122 Å². The molecular formula is C16H28N2O2. The third kappa shape index (κ3) is 2.99. The van der Waals surface area contributed by atoms with Gasteiger partial charge < -0.3 is 10.2 Å². The first kappa shape index (κ1) is 15.3.